The number of nitrogens with one attached hydrogen (secondary N) is 1. The van der Waals surface area contributed by atoms with Gasteiger partial charge in [0.2, 0.25) is 5.91 Å². The molecule has 0 saturated carbocycles. The van der Waals surface area contributed by atoms with Gasteiger partial charge >= 0.3 is 6.09 Å². The van der Waals surface area contributed by atoms with Gasteiger partial charge in [-0.3, -0.25) is 19.1 Å². The molecular formula is C28H37BrN4O4. The van der Waals surface area contributed by atoms with Crippen LogP contribution in [-0.2, 0) is 16.0 Å². The summed E-state index contributed by atoms with van der Waals surface area (Å²) in [7, 11) is 2.06. The monoisotopic (exact) mass is 572 g/mol. The van der Waals surface area contributed by atoms with E-state index >= 15 is 0 Å². The van der Waals surface area contributed by atoms with Crippen molar-refractivity contribution in [3.63, 3.8) is 0 Å². The molecule has 1 aliphatic heterocycles. The van der Waals surface area contributed by atoms with Gasteiger partial charge in [0.25, 0.3) is 5.91 Å². The number of amides is 2. The van der Waals surface area contributed by atoms with E-state index in [1.165, 1.54) is 0 Å². The lowest BCUT2D eigenvalue weighted by atomic mass is 9.79. The minimum Gasteiger partial charge on any atom is -0.444 e. The van der Waals surface area contributed by atoms with Gasteiger partial charge < -0.3 is 15.0 Å². The highest BCUT2D eigenvalue weighted by atomic mass is 79.9. The van der Waals surface area contributed by atoms with E-state index < -0.39 is 17.7 Å². The first kappa shape index (κ1) is 27.4. The van der Waals surface area contributed by atoms with E-state index in [-0.39, 0.29) is 23.8 Å². The average molecular weight is 574 g/mol. The van der Waals surface area contributed by atoms with Crippen LogP contribution in [0.15, 0.2) is 28.9 Å². The Morgan fingerprint density at radius 2 is 1.89 bits per heavy atom. The zero-order chi connectivity index (χ0) is 27.2. The molecule has 8 nitrogen and oxygen atoms in total. The van der Waals surface area contributed by atoms with Crippen LogP contribution < -0.4 is 5.32 Å². The molecule has 2 aliphatic rings. The third-order valence-corrected chi connectivity index (χ3v) is 8.05. The van der Waals surface area contributed by atoms with Gasteiger partial charge in [0.15, 0.2) is 0 Å². The quantitative estimate of drug-likeness (QED) is 0.561. The summed E-state index contributed by atoms with van der Waals surface area (Å²) in [5, 5.41) is 3.68. The molecule has 0 spiro atoms. The predicted molar refractivity (Wildman–Crippen MR) is 149 cm³/mol. The normalized spacial score (nSPS) is 20.2. The predicted octanol–water partition coefficient (Wildman–Crippen LogP) is 4.70. The fraction of sp³-hybridized carbons (Fsp3) is 0.536. The Morgan fingerprint density at radius 3 is 2.51 bits per heavy atom. The van der Waals surface area contributed by atoms with Gasteiger partial charge in [-0.15, -0.1) is 0 Å². The lowest BCUT2D eigenvalue weighted by Gasteiger charge is -2.40. The van der Waals surface area contributed by atoms with E-state index in [2.05, 4.69) is 45.3 Å². The molecule has 2 amide bonds. The number of likely N-dealkylation sites (N-methyl/N-ethyl adjacent to an activating group) is 1. The number of rotatable bonds is 5. The standard InChI is InChI=1S/C28H37BrN4O4/c1-8-32(9-2)26(35)17-13-19-18-11-10-12-21-23(18)20(14-22(19)31(7)15-17)24(29)33(21)25(34)16(3)30-27(36)37-28(4,5)6/h10-13,16-17,22H,8-9,14-15H2,1-7H3,(H,30,36)/t16-,17+,22+/m0/s1. The first-order valence-electron chi connectivity index (χ1n) is 12.9. The molecule has 1 aliphatic carbocycles. The Morgan fingerprint density at radius 1 is 1.22 bits per heavy atom. The number of fused-ring (bicyclic) bond motifs is 2. The van der Waals surface area contributed by atoms with Crippen LogP contribution in [0.3, 0.4) is 0 Å². The lowest BCUT2D eigenvalue weighted by molar-refractivity contribution is -0.134. The highest BCUT2D eigenvalue weighted by Gasteiger charge is 2.39. The Labute approximate surface area is 227 Å². The molecule has 0 unspecified atom stereocenters. The van der Waals surface area contributed by atoms with Crippen molar-refractivity contribution in [2.75, 3.05) is 26.7 Å². The molecule has 1 aromatic carbocycles. The molecule has 0 bridgehead atoms. The SMILES string of the molecule is CCN(CC)C(=O)[C@@H]1C=C2c3cccc4c3c(c(Br)n4C(=O)[C@H](C)NC(=O)OC(C)(C)C)C[C@H]2N(C)C1. The summed E-state index contributed by atoms with van der Waals surface area (Å²) in [6.45, 7) is 13.1. The van der Waals surface area contributed by atoms with Gasteiger partial charge in [0.1, 0.15) is 11.6 Å². The van der Waals surface area contributed by atoms with E-state index in [4.69, 9.17) is 4.74 Å². The maximum atomic E-state index is 13.6. The number of ether oxygens (including phenoxy) is 1. The van der Waals surface area contributed by atoms with E-state index in [9.17, 15) is 14.4 Å². The minimum absolute atomic E-state index is 0.110. The number of nitrogens with zero attached hydrogens (tertiary/aromatic N) is 3. The van der Waals surface area contributed by atoms with Crippen molar-refractivity contribution in [3.8, 4) is 0 Å². The topological polar surface area (TPSA) is 83.9 Å². The number of aromatic nitrogens is 1. The van der Waals surface area contributed by atoms with Crippen molar-refractivity contribution in [2.24, 2.45) is 5.92 Å². The first-order chi connectivity index (χ1) is 17.4. The van der Waals surface area contributed by atoms with Gasteiger partial charge in [-0.1, -0.05) is 18.2 Å². The van der Waals surface area contributed by atoms with E-state index in [0.717, 1.165) is 34.0 Å². The fourth-order valence-corrected chi connectivity index (χ4v) is 6.20. The lowest BCUT2D eigenvalue weighted by Crippen LogP contribution is -2.47. The molecule has 37 heavy (non-hydrogen) atoms. The number of alkyl carbamates (subject to hydrolysis) is 1. The molecule has 2 heterocycles. The Hall–Kier alpha value is -2.65. The molecule has 1 N–H and O–H groups in total. The van der Waals surface area contributed by atoms with Crippen molar-refractivity contribution in [1.82, 2.24) is 19.7 Å². The summed E-state index contributed by atoms with van der Waals surface area (Å²) < 4.78 is 7.68. The average Bonchev–Trinajstić information content (AvgIpc) is 3.10. The van der Waals surface area contributed by atoms with Crippen LogP contribution in [-0.4, -0.2) is 76.6 Å². The van der Waals surface area contributed by atoms with E-state index in [1.807, 2.05) is 30.9 Å². The van der Waals surface area contributed by atoms with Crippen molar-refractivity contribution in [1.29, 1.82) is 0 Å². The molecular weight excluding hydrogens is 536 g/mol. The van der Waals surface area contributed by atoms with E-state index in [0.29, 0.717) is 24.2 Å². The van der Waals surface area contributed by atoms with Crippen LogP contribution in [0, 0.1) is 5.92 Å². The molecule has 0 saturated heterocycles. The third-order valence-electron chi connectivity index (χ3n) is 7.21. The van der Waals surface area contributed by atoms with Crippen LogP contribution in [0.5, 0.6) is 0 Å². The summed E-state index contributed by atoms with van der Waals surface area (Å²) in [6, 6.07) is 5.27. The third kappa shape index (κ3) is 5.08. The van der Waals surface area contributed by atoms with Gasteiger partial charge in [0, 0.05) is 31.1 Å². The zero-order valence-corrected chi connectivity index (χ0v) is 24.3. The fourth-order valence-electron chi connectivity index (χ4n) is 5.47. The number of halogens is 1. The number of carbonyl (C=O) groups is 3. The Bertz CT molecular complexity index is 1270. The second-order valence-electron chi connectivity index (χ2n) is 10.9. The maximum absolute atomic E-state index is 13.6. The molecule has 9 heteroatoms. The minimum atomic E-state index is -0.792. The molecule has 1 aromatic heterocycles. The highest BCUT2D eigenvalue weighted by Crippen LogP contribution is 2.45. The number of hydrogen-bond acceptors (Lipinski definition) is 5. The Kier molecular flexibility index (Phi) is 7.59. The van der Waals surface area contributed by atoms with Gasteiger partial charge in [-0.2, -0.15) is 0 Å². The second kappa shape index (κ2) is 10.3. The molecule has 2 aromatic rings. The summed E-state index contributed by atoms with van der Waals surface area (Å²) in [6.07, 6.45) is 2.23. The summed E-state index contributed by atoms with van der Waals surface area (Å²) in [5.74, 6) is -0.317. The molecule has 0 radical (unpaired) electrons. The zero-order valence-electron chi connectivity index (χ0n) is 22.7. The van der Waals surface area contributed by atoms with Gasteiger partial charge in [0.05, 0.1) is 16.0 Å². The number of carbonyl (C=O) groups excluding carboxylic acids is 3. The summed E-state index contributed by atoms with van der Waals surface area (Å²) >= 11 is 3.72. The van der Waals surface area contributed by atoms with Crippen LogP contribution in [0.1, 0.15) is 57.5 Å². The summed E-state index contributed by atoms with van der Waals surface area (Å²) in [4.78, 5) is 43.3. The molecule has 0 fully saturated rings. The second-order valence-corrected chi connectivity index (χ2v) is 11.7. The highest BCUT2D eigenvalue weighted by molar-refractivity contribution is 9.10. The number of benzene rings is 1. The van der Waals surface area contributed by atoms with Crippen LogP contribution in [0.25, 0.3) is 16.5 Å². The summed E-state index contributed by atoms with van der Waals surface area (Å²) in [5.41, 5.74) is 3.36. The van der Waals surface area contributed by atoms with Crippen molar-refractivity contribution in [3.05, 3.63) is 40.0 Å². The van der Waals surface area contributed by atoms with Crippen LogP contribution >= 0.6 is 15.9 Å². The molecule has 3 atom stereocenters. The number of hydrogen-bond donors (Lipinski definition) is 1. The molecule has 4 rings (SSSR count). The largest absolute Gasteiger partial charge is 0.444 e. The van der Waals surface area contributed by atoms with Gasteiger partial charge in [-0.05, 0) is 93.7 Å². The van der Waals surface area contributed by atoms with Gasteiger partial charge in [-0.25, -0.2) is 4.79 Å². The van der Waals surface area contributed by atoms with Crippen LogP contribution in [0.4, 0.5) is 4.79 Å². The van der Waals surface area contributed by atoms with Crippen molar-refractivity contribution in [2.45, 2.75) is 65.6 Å². The van der Waals surface area contributed by atoms with Crippen molar-refractivity contribution < 1.29 is 19.1 Å². The first-order valence-corrected chi connectivity index (χ1v) is 13.7. The van der Waals surface area contributed by atoms with Crippen molar-refractivity contribution >= 4 is 50.3 Å². The molecule has 200 valence electrons. The maximum Gasteiger partial charge on any atom is 0.408 e. The van der Waals surface area contributed by atoms with E-state index in [1.54, 1.807) is 32.3 Å². The smallest absolute Gasteiger partial charge is 0.408 e. The van der Waals surface area contributed by atoms with Crippen LogP contribution in [0.2, 0.25) is 0 Å². The Balaban J connectivity index is 1.74.